The van der Waals surface area contributed by atoms with E-state index in [9.17, 15) is 9.59 Å². The summed E-state index contributed by atoms with van der Waals surface area (Å²) in [6.45, 7) is 1.96. The van der Waals surface area contributed by atoms with Gasteiger partial charge in [-0.25, -0.2) is 4.79 Å². The number of hydrogen-bond donors (Lipinski definition) is 2. The number of benzene rings is 1. The number of halogens is 1. The lowest BCUT2D eigenvalue weighted by Crippen LogP contribution is -2.38. The van der Waals surface area contributed by atoms with Gasteiger partial charge in [0.15, 0.2) is 0 Å². The minimum atomic E-state index is -0.421. The molecule has 2 N–H and O–H groups in total. The average molecular weight is 299 g/mol. The van der Waals surface area contributed by atoms with Crippen LogP contribution in [0.25, 0.3) is 0 Å². The van der Waals surface area contributed by atoms with E-state index in [0.29, 0.717) is 12.1 Å². The Labute approximate surface area is 109 Å². The number of urea groups is 1. The first kappa shape index (κ1) is 13.7. The van der Waals surface area contributed by atoms with Crippen LogP contribution < -0.4 is 10.6 Å². The number of nitrogens with one attached hydrogen (secondary N) is 2. The van der Waals surface area contributed by atoms with Crippen molar-refractivity contribution in [3.8, 4) is 0 Å². The summed E-state index contributed by atoms with van der Waals surface area (Å²) >= 11 is 3.31. The molecule has 0 spiro atoms. The molecule has 0 aliphatic heterocycles. The van der Waals surface area contributed by atoms with Crippen LogP contribution in [0.15, 0.2) is 28.7 Å². The van der Waals surface area contributed by atoms with Crippen molar-refractivity contribution in [3.05, 3.63) is 28.7 Å². The largest absolute Gasteiger partial charge is 0.328 e. The third-order valence-electron chi connectivity index (χ3n) is 2.18. The number of carbonyl (C=O) groups is 2. The second-order valence-corrected chi connectivity index (χ2v) is 4.55. The summed E-state index contributed by atoms with van der Waals surface area (Å²) in [6, 6.07) is 6.43. The molecule has 1 atom stereocenters. The first-order chi connectivity index (χ1) is 8.15. The zero-order chi connectivity index (χ0) is 12.7. The molecule has 1 aromatic carbocycles. The number of rotatable bonds is 5. The SMILES string of the molecule is CCCC(C=O)NC(=O)Nc1ccc(Br)cc1. The number of anilines is 1. The molecule has 2 amide bonds. The smallest absolute Gasteiger partial charge is 0.319 e. The van der Waals surface area contributed by atoms with E-state index in [1.54, 1.807) is 12.1 Å². The van der Waals surface area contributed by atoms with Gasteiger partial charge >= 0.3 is 6.03 Å². The summed E-state index contributed by atoms with van der Waals surface area (Å²) in [5, 5.41) is 5.26. The van der Waals surface area contributed by atoms with Gasteiger partial charge in [-0.3, -0.25) is 0 Å². The van der Waals surface area contributed by atoms with Crippen molar-refractivity contribution in [2.24, 2.45) is 0 Å². The van der Waals surface area contributed by atoms with Crippen LogP contribution in [-0.4, -0.2) is 18.4 Å². The molecule has 0 saturated carbocycles. The van der Waals surface area contributed by atoms with E-state index in [1.807, 2.05) is 19.1 Å². The highest BCUT2D eigenvalue weighted by atomic mass is 79.9. The van der Waals surface area contributed by atoms with Gasteiger partial charge in [0.1, 0.15) is 6.29 Å². The van der Waals surface area contributed by atoms with Crippen LogP contribution in [0, 0.1) is 0 Å². The Kier molecular flexibility index (Phi) is 5.69. The molecule has 0 fully saturated rings. The van der Waals surface area contributed by atoms with E-state index in [4.69, 9.17) is 0 Å². The summed E-state index contributed by atoms with van der Waals surface area (Å²) in [4.78, 5) is 22.2. The van der Waals surface area contributed by atoms with Gasteiger partial charge in [-0.1, -0.05) is 29.3 Å². The van der Waals surface area contributed by atoms with Crippen LogP contribution >= 0.6 is 15.9 Å². The maximum absolute atomic E-state index is 11.5. The molecule has 0 bridgehead atoms. The zero-order valence-corrected chi connectivity index (χ0v) is 11.2. The van der Waals surface area contributed by atoms with Crippen molar-refractivity contribution in [1.82, 2.24) is 5.32 Å². The first-order valence-electron chi connectivity index (χ1n) is 5.44. The predicted octanol–water partition coefficient (Wildman–Crippen LogP) is 2.94. The normalized spacial score (nSPS) is 11.6. The molecule has 1 unspecified atom stereocenters. The van der Waals surface area contributed by atoms with Crippen LogP contribution in [0.3, 0.4) is 0 Å². The number of amides is 2. The van der Waals surface area contributed by atoms with E-state index in [0.717, 1.165) is 17.2 Å². The van der Waals surface area contributed by atoms with Crippen LogP contribution in [0.5, 0.6) is 0 Å². The fourth-order valence-electron chi connectivity index (χ4n) is 1.35. The summed E-state index contributed by atoms with van der Waals surface area (Å²) in [5.74, 6) is 0. The number of carbonyl (C=O) groups excluding carboxylic acids is 2. The van der Waals surface area contributed by atoms with Gasteiger partial charge in [0, 0.05) is 10.2 Å². The highest BCUT2D eigenvalue weighted by molar-refractivity contribution is 9.10. The second kappa shape index (κ2) is 7.06. The topological polar surface area (TPSA) is 58.2 Å². The van der Waals surface area contributed by atoms with Gasteiger partial charge < -0.3 is 15.4 Å². The van der Waals surface area contributed by atoms with Gasteiger partial charge in [-0.05, 0) is 30.7 Å². The van der Waals surface area contributed by atoms with Crippen molar-refractivity contribution in [2.45, 2.75) is 25.8 Å². The van der Waals surface area contributed by atoms with E-state index >= 15 is 0 Å². The molecule has 92 valence electrons. The van der Waals surface area contributed by atoms with Crippen molar-refractivity contribution in [3.63, 3.8) is 0 Å². The maximum Gasteiger partial charge on any atom is 0.319 e. The highest BCUT2D eigenvalue weighted by Gasteiger charge is 2.09. The maximum atomic E-state index is 11.5. The molecule has 4 nitrogen and oxygen atoms in total. The molecule has 0 radical (unpaired) electrons. The van der Waals surface area contributed by atoms with Crippen LogP contribution in [-0.2, 0) is 4.79 Å². The molecule has 0 aromatic heterocycles. The second-order valence-electron chi connectivity index (χ2n) is 3.64. The van der Waals surface area contributed by atoms with Crippen molar-refractivity contribution >= 4 is 33.9 Å². The molecule has 0 aliphatic carbocycles. The lowest BCUT2D eigenvalue weighted by Gasteiger charge is -2.12. The van der Waals surface area contributed by atoms with E-state index in [-0.39, 0.29) is 6.03 Å². The third-order valence-corrected chi connectivity index (χ3v) is 2.71. The van der Waals surface area contributed by atoms with Gasteiger partial charge in [0.05, 0.1) is 6.04 Å². The predicted molar refractivity (Wildman–Crippen MR) is 71.1 cm³/mol. The quantitative estimate of drug-likeness (QED) is 0.821. The molecule has 5 heteroatoms. The van der Waals surface area contributed by atoms with Crippen LogP contribution in [0.4, 0.5) is 10.5 Å². The van der Waals surface area contributed by atoms with Crippen molar-refractivity contribution in [2.75, 3.05) is 5.32 Å². The Bertz CT molecular complexity index is 379. The summed E-state index contributed by atoms with van der Waals surface area (Å²) < 4.78 is 0.945. The third kappa shape index (κ3) is 4.99. The Hall–Kier alpha value is -1.36. The summed E-state index contributed by atoms with van der Waals surface area (Å²) in [7, 11) is 0. The fraction of sp³-hybridized carbons (Fsp3) is 0.333. The van der Waals surface area contributed by atoms with Crippen LogP contribution in [0.1, 0.15) is 19.8 Å². The summed E-state index contributed by atoms with van der Waals surface area (Å²) in [5.41, 5.74) is 0.687. The Morgan fingerprint density at radius 2 is 2.06 bits per heavy atom. The summed E-state index contributed by atoms with van der Waals surface area (Å²) in [6.07, 6.45) is 2.25. The van der Waals surface area contributed by atoms with Gasteiger partial charge in [-0.15, -0.1) is 0 Å². The Morgan fingerprint density at radius 1 is 1.41 bits per heavy atom. The first-order valence-corrected chi connectivity index (χ1v) is 6.23. The van der Waals surface area contributed by atoms with Gasteiger partial charge in [-0.2, -0.15) is 0 Å². The molecular formula is C12H15BrN2O2. The van der Waals surface area contributed by atoms with Crippen molar-refractivity contribution in [1.29, 1.82) is 0 Å². The highest BCUT2D eigenvalue weighted by Crippen LogP contribution is 2.13. The number of hydrogen-bond acceptors (Lipinski definition) is 2. The standard InChI is InChI=1S/C12H15BrN2O2/c1-2-3-11(8-16)15-12(17)14-10-6-4-9(13)5-7-10/h4-8,11H,2-3H2,1H3,(H2,14,15,17). The molecule has 0 aliphatic rings. The van der Waals surface area contributed by atoms with Gasteiger partial charge in [0.2, 0.25) is 0 Å². The zero-order valence-electron chi connectivity index (χ0n) is 9.57. The minimum absolute atomic E-state index is 0.363. The Morgan fingerprint density at radius 3 is 2.59 bits per heavy atom. The van der Waals surface area contributed by atoms with E-state index in [1.165, 1.54) is 0 Å². The lowest BCUT2D eigenvalue weighted by atomic mass is 10.2. The van der Waals surface area contributed by atoms with Gasteiger partial charge in [0.25, 0.3) is 0 Å². The molecule has 0 heterocycles. The monoisotopic (exact) mass is 298 g/mol. The van der Waals surface area contributed by atoms with Crippen LogP contribution in [0.2, 0.25) is 0 Å². The van der Waals surface area contributed by atoms with E-state index < -0.39 is 6.04 Å². The van der Waals surface area contributed by atoms with E-state index in [2.05, 4.69) is 26.6 Å². The molecule has 1 rings (SSSR count). The molecular weight excluding hydrogens is 284 g/mol. The molecule has 0 saturated heterocycles. The fourth-order valence-corrected chi connectivity index (χ4v) is 1.62. The Balaban J connectivity index is 2.48. The minimum Gasteiger partial charge on any atom is -0.328 e. The lowest BCUT2D eigenvalue weighted by molar-refractivity contribution is -0.109. The van der Waals surface area contributed by atoms with Crippen molar-refractivity contribution < 1.29 is 9.59 Å². The average Bonchev–Trinajstić information content (AvgIpc) is 2.31. The molecule has 17 heavy (non-hydrogen) atoms. The number of aldehydes is 1. The molecule has 1 aromatic rings.